The quantitative estimate of drug-likeness (QED) is 0.785. The molecule has 1 aliphatic heterocycles. The zero-order valence-corrected chi connectivity index (χ0v) is 13.1. The van der Waals surface area contributed by atoms with Crippen molar-refractivity contribution in [3.05, 3.63) is 54.6 Å². The van der Waals surface area contributed by atoms with E-state index in [1.165, 1.54) is 18.5 Å². The summed E-state index contributed by atoms with van der Waals surface area (Å²) in [5, 5.41) is 10.4. The van der Waals surface area contributed by atoms with Gasteiger partial charge in [0.2, 0.25) is 0 Å². The first-order valence-electron chi connectivity index (χ1n) is 7.90. The molecular formula is C18H17FN4O. The van der Waals surface area contributed by atoms with E-state index in [0.717, 1.165) is 48.6 Å². The highest BCUT2D eigenvalue weighted by atomic mass is 19.1. The molecule has 1 saturated heterocycles. The van der Waals surface area contributed by atoms with E-state index < -0.39 is 0 Å². The molecule has 0 radical (unpaired) electrons. The third kappa shape index (κ3) is 2.71. The number of phenols is 1. The Hall–Kier alpha value is -2.89. The van der Waals surface area contributed by atoms with E-state index in [1.54, 1.807) is 18.2 Å². The van der Waals surface area contributed by atoms with Crippen LogP contribution in [-0.4, -0.2) is 41.3 Å². The molecule has 0 bridgehead atoms. The molecule has 0 unspecified atom stereocenters. The number of hydrogen-bond acceptors (Lipinski definition) is 5. The van der Waals surface area contributed by atoms with Crippen LogP contribution in [-0.2, 0) is 0 Å². The number of anilines is 2. The lowest BCUT2D eigenvalue weighted by molar-refractivity contribution is 0.475. The standard InChI is InChI=1S/C18H17FN4O/c19-13-4-5-17-16(10-13)18(21-12-20-17)23-8-6-22(7-9-23)14-2-1-3-15(24)11-14/h1-5,10-12,24H,6-9H2. The van der Waals surface area contributed by atoms with Crippen molar-refractivity contribution in [1.29, 1.82) is 0 Å². The molecule has 24 heavy (non-hydrogen) atoms. The predicted octanol–water partition coefficient (Wildman–Crippen LogP) is 2.80. The largest absolute Gasteiger partial charge is 0.508 e. The van der Waals surface area contributed by atoms with Gasteiger partial charge in [-0.3, -0.25) is 0 Å². The van der Waals surface area contributed by atoms with Crippen molar-refractivity contribution in [2.45, 2.75) is 0 Å². The average Bonchev–Trinajstić information content (AvgIpc) is 2.61. The Morgan fingerprint density at radius 2 is 1.71 bits per heavy atom. The van der Waals surface area contributed by atoms with Crippen LogP contribution in [0.5, 0.6) is 5.75 Å². The first-order valence-corrected chi connectivity index (χ1v) is 7.90. The van der Waals surface area contributed by atoms with E-state index in [2.05, 4.69) is 19.8 Å². The van der Waals surface area contributed by atoms with Crippen LogP contribution in [0, 0.1) is 5.82 Å². The molecule has 4 rings (SSSR count). The third-order valence-electron chi connectivity index (χ3n) is 4.35. The monoisotopic (exact) mass is 324 g/mol. The number of hydrogen-bond donors (Lipinski definition) is 1. The number of aromatic nitrogens is 2. The van der Waals surface area contributed by atoms with Gasteiger partial charge in [-0.2, -0.15) is 0 Å². The maximum Gasteiger partial charge on any atom is 0.140 e. The smallest absolute Gasteiger partial charge is 0.140 e. The molecule has 0 saturated carbocycles. The highest BCUT2D eigenvalue weighted by Crippen LogP contribution is 2.26. The number of piperazine rings is 1. The molecule has 0 spiro atoms. The van der Waals surface area contributed by atoms with Gasteiger partial charge >= 0.3 is 0 Å². The molecule has 3 aromatic rings. The van der Waals surface area contributed by atoms with E-state index in [0.29, 0.717) is 0 Å². The summed E-state index contributed by atoms with van der Waals surface area (Å²) in [5.41, 5.74) is 1.75. The fraction of sp³-hybridized carbons (Fsp3) is 0.222. The van der Waals surface area contributed by atoms with Gasteiger partial charge in [-0.1, -0.05) is 6.07 Å². The Morgan fingerprint density at radius 3 is 2.50 bits per heavy atom. The molecular weight excluding hydrogens is 307 g/mol. The number of rotatable bonds is 2. The Bertz CT molecular complexity index is 878. The zero-order valence-electron chi connectivity index (χ0n) is 13.1. The van der Waals surface area contributed by atoms with Crippen LogP contribution in [0.25, 0.3) is 10.9 Å². The minimum absolute atomic E-state index is 0.271. The number of phenolic OH excluding ortho intramolecular Hbond substituents is 1. The summed E-state index contributed by atoms with van der Waals surface area (Å²) >= 11 is 0. The fourth-order valence-corrected chi connectivity index (χ4v) is 3.13. The summed E-state index contributed by atoms with van der Waals surface area (Å²) in [7, 11) is 0. The van der Waals surface area contributed by atoms with Crippen LogP contribution in [0.2, 0.25) is 0 Å². The molecule has 1 fully saturated rings. The predicted molar refractivity (Wildman–Crippen MR) is 92.0 cm³/mol. The Morgan fingerprint density at radius 1 is 0.917 bits per heavy atom. The normalized spacial score (nSPS) is 15.0. The molecule has 6 heteroatoms. The molecule has 1 aromatic heterocycles. The van der Waals surface area contributed by atoms with Gasteiger partial charge in [0.05, 0.1) is 5.52 Å². The maximum absolute atomic E-state index is 13.6. The minimum atomic E-state index is -0.281. The van der Waals surface area contributed by atoms with E-state index in [9.17, 15) is 9.50 Å². The topological polar surface area (TPSA) is 52.5 Å². The highest BCUT2D eigenvalue weighted by molar-refractivity contribution is 5.89. The van der Waals surface area contributed by atoms with Gasteiger partial charge in [0, 0.05) is 43.3 Å². The van der Waals surface area contributed by atoms with Gasteiger partial charge in [-0.15, -0.1) is 0 Å². The summed E-state index contributed by atoms with van der Waals surface area (Å²) in [6.45, 7) is 3.17. The molecule has 0 atom stereocenters. The van der Waals surface area contributed by atoms with Gasteiger partial charge in [-0.25, -0.2) is 14.4 Å². The SMILES string of the molecule is Oc1cccc(N2CCN(c3ncnc4ccc(F)cc34)CC2)c1. The zero-order chi connectivity index (χ0) is 16.5. The molecule has 2 heterocycles. The summed E-state index contributed by atoms with van der Waals surface area (Å²) in [6, 6.07) is 11.9. The van der Waals surface area contributed by atoms with Crippen molar-refractivity contribution < 1.29 is 9.50 Å². The Labute approximate surface area is 139 Å². The van der Waals surface area contributed by atoms with Crippen LogP contribution in [0.3, 0.4) is 0 Å². The van der Waals surface area contributed by atoms with Gasteiger partial charge in [0.15, 0.2) is 0 Å². The van der Waals surface area contributed by atoms with Crippen molar-refractivity contribution in [2.24, 2.45) is 0 Å². The lowest BCUT2D eigenvalue weighted by atomic mass is 10.2. The third-order valence-corrected chi connectivity index (χ3v) is 4.35. The Balaban J connectivity index is 1.57. The van der Waals surface area contributed by atoms with Crippen LogP contribution in [0.4, 0.5) is 15.9 Å². The lowest BCUT2D eigenvalue weighted by Gasteiger charge is -2.37. The van der Waals surface area contributed by atoms with E-state index in [-0.39, 0.29) is 11.6 Å². The van der Waals surface area contributed by atoms with Crippen LogP contribution in [0.1, 0.15) is 0 Å². The van der Waals surface area contributed by atoms with Crippen molar-refractivity contribution in [3.63, 3.8) is 0 Å². The van der Waals surface area contributed by atoms with Crippen LogP contribution < -0.4 is 9.80 Å². The van der Waals surface area contributed by atoms with Crippen molar-refractivity contribution >= 4 is 22.4 Å². The molecule has 0 aliphatic carbocycles. The van der Waals surface area contributed by atoms with Crippen LogP contribution in [0.15, 0.2) is 48.8 Å². The first-order chi connectivity index (χ1) is 11.7. The maximum atomic E-state index is 13.6. The van der Waals surface area contributed by atoms with E-state index in [4.69, 9.17) is 0 Å². The van der Waals surface area contributed by atoms with Crippen molar-refractivity contribution in [1.82, 2.24) is 9.97 Å². The molecule has 122 valence electrons. The van der Waals surface area contributed by atoms with Crippen molar-refractivity contribution in [2.75, 3.05) is 36.0 Å². The second-order valence-electron chi connectivity index (χ2n) is 5.85. The van der Waals surface area contributed by atoms with Crippen molar-refractivity contribution in [3.8, 4) is 5.75 Å². The summed E-state index contributed by atoms with van der Waals surface area (Å²) in [5.74, 6) is 0.763. The highest BCUT2D eigenvalue weighted by Gasteiger charge is 2.20. The lowest BCUT2D eigenvalue weighted by Crippen LogP contribution is -2.46. The number of fused-ring (bicyclic) bond motifs is 1. The summed E-state index contributed by atoms with van der Waals surface area (Å²) in [4.78, 5) is 13.0. The number of benzene rings is 2. The minimum Gasteiger partial charge on any atom is -0.508 e. The second-order valence-corrected chi connectivity index (χ2v) is 5.85. The molecule has 1 aliphatic rings. The fourth-order valence-electron chi connectivity index (χ4n) is 3.13. The second kappa shape index (κ2) is 5.96. The molecule has 0 amide bonds. The van der Waals surface area contributed by atoms with Gasteiger partial charge in [0.1, 0.15) is 23.7 Å². The molecule has 2 aromatic carbocycles. The van der Waals surface area contributed by atoms with Gasteiger partial charge < -0.3 is 14.9 Å². The van der Waals surface area contributed by atoms with Gasteiger partial charge in [-0.05, 0) is 30.3 Å². The molecule has 5 nitrogen and oxygen atoms in total. The summed E-state index contributed by atoms with van der Waals surface area (Å²) in [6.07, 6.45) is 1.52. The molecule has 1 N–H and O–H groups in total. The van der Waals surface area contributed by atoms with E-state index in [1.807, 2.05) is 12.1 Å². The van der Waals surface area contributed by atoms with Gasteiger partial charge in [0.25, 0.3) is 0 Å². The summed E-state index contributed by atoms with van der Waals surface area (Å²) < 4.78 is 13.6. The Kier molecular flexibility index (Phi) is 3.65. The average molecular weight is 324 g/mol. The number of aromatic hydroxyl groups is 1. The van der Waals surface area contributed by atoms with Crippen LogP contribution >= 0.6 is 0 Å². The number of halogens is 1. The first kappa shape index (κ1) is 14.7. The number of nitrogens with zero attached hydrogens (tertiary/aromatic N) is 4. The van der Waals surface area contributed by atoms with E-state index >= 15 is 0 Å².